The molecule has 0 aliphatic rings. The summed E-state index contributed by atoms with van der Waals surface area (Å²) in [5.74, 6) is 0. The van der Waals surface area contributed by atoms with Gasteiger partial charge in [0.05, 0.1) is 16.8 Å². The highest BCUT2D eigenvalue weighted by Crippen LogP contribution is 2.29. The molecule has 0 amide bonds. The molecule has 0 saturated heterocycles. The average Bonchev–Trinajstić information content (AvgIpc) is 2.89. The SMILES string of the molecule is CC(NCc1cccc(C(F)(F)F)c1)c1cscn1. The van der Waals surface area contributed by atoms with E-state index in [4.69, 9.17) is 0 Å². The van der Waals surface area contributed by atoms with Gasteiger partial charge in [-0.3, -0.25) is 0 Å². The Morgan fingerprint density at radius 2 is 2.16 bits per heavy atom. The van der Waals surface area contributed by atoms with Gasteiger partial charge in [0.2, 0.25) is 0 Å². The molecule has 0 saturated carbocycles. The third-order valence-corrected chi connectivity index (χ3v) is 3.37. The van der Waals surface area contributed by atoms with Gasteiger partial charge in [0.1, 0.15) is 0 Å². The first-order valence-electron chi connectivity index (χ1n) is 5.74. The van der Waals surface area contributed by atoms with E-state index in [1.165, 1.54) is 23.5 Å². The van der Waals surface area contributed by atoms with Crippen LogP contribution in [-0.2, 0) is 12.7 Å². The number of rotatable bonds is 4. The Balaban J connectivity index is 2.00. The van der Waals surface area contributed by atoms with E-state index in [0.29, 0.717) is 12.1 Å². The molecule has 0 fully saturated rings. The Morgan fingerprint density at radius 1 is 1.37 bits per heavy atom. The van der Waals surface area contributed by atoms with Crippen molar-refractivity contribution in [1.29, 1.82) is 0 Å². The van der Waals surface area contributed by atoms with Gasteiger partial charge in [-0.15, -0.1) is 11.3 Å². The molecule has 1 N–H and O–H groups in total. The zero-order valence-corrected chi connectivity index (χ0v) is 11.1. The fraction of sp³-hybridized carbons (Fsp3) is 0.308. The highest BCUT2D eigenvalue weighted by Gasteiger charge is 2.30. The van der Waals surface area contributed by atoms with Gasteiger partial charge in [-0.2, -0.15) is 13.2 Å². The van der Waals surface area contributed by atoms with Crippen molar-refractivity contribution < 1.29 is 13.2 Å². The molecule has 1 aromatic heterocycles. The first kappa shape index (κ1) is 14.0. The second kappa shape index (κ2) is 5.71. The van der Waals surface area contributed by atoms with Gasteiger partial charge < -0.3 is 5.32 Å². The quantitative estimate of drug-likeness (QED) is 0.918. The van der Waals surface area contributed by atoms with Crippen LogP contribution in [0, 0.1) is 0 Å². The van der Waals surface area contributed by atoms with Crippen LogP contribution >= 0.6 is 11.3 Å². The van der Waals surface area contributed by atoms with Crippen LogP contribution in [0.15, 0.2) is 35.2 Å². The fourth-order valence-electron chi connectivity index (χ4n) is 1.67. The number of nitrogens with one attached hydrogen (secondary N) is 1. The Bertz CT molecular complexity index is 523. The maximum absolute atomic E-state index is 12.6. The maximum Gasteiger partial charge on any atom is 0.416 e. The van der Waals surface area contributed by atoms with E-state index in [-0.39, 0.29) is 6.04 Å². The highest BCUT2D eigenvalue weighted by atomic mass is 32.1. The van der Waals surface area contributed by atoms with E-state index in [1.807, 2.05) is 12.3 Å². The molecule has 0 aliphatic heterocycles. The largest absolute Gasteiger partial charge is 0.416 e. The summed E-state index contributed by atoms with van der Waals surface area (Å²) in [5, 5.41) is 5.08. The summed E-state index contributed by atoms with van der Waals surface area (Å²) in [6, 6.07) is 5.36. The van der Waals surface area contributed by atoms with Gasteiger partial charge >= 0.3 is 6.18 Å². The normalized spacial score (nSPS) is 13.5. The van der Waals surface area contributed by atoms with Crippen molar-refractivity contribution in [2.45, 2.75) is 25.7 Å². The molecule has 6 heteroatoms. The van der Waals surface area contributed by atoms with Crippen molar-refractivity contribution in [2.75, 3.05) is 0 Å². The van der Waals surface area contributed by atoms with Gasteiger partial charge in [0, 0.05) is 18.0 Å². The van der Waals surface area contributed by atoms with Crippen LogP contribution < -0.4 is 5.32 Å². The zero-order chi connectivity index (χ0) is 13.9. The molecule has 1 unspecified atom stereocenters. The lowest BCUT2D eigenvalue weighted by atomic mass is 10.1. The van der Waals surface area contributed by atoms with Crippen LogP contribution in [0.1, 0.15) is 29.8 Å². The standard InChI is InChI=1S/C13H13F3N2S/c1-9(12-7-19-8-18-12)17-6-10-3-2-4-11(5-10)13(14,15)16/h2-5,7-9,17H,6H2,1H3. The minimum Gasteiger partial charge on any atom is -0.305 e. The molecular weight excluding hydrogens is 273 g/mol. The summed E-state index contributed by atoms with van der Waals surface area (Å²) in [4.78, 5) is 4.16. The second-order valence-electron chi connectivity index (χ2n) is 4.21. The molecule has 0 aliphatic carbocycles. The first-order valence-corrected chi connectivity index (χ1v) is 6.68. The summed E-state index contributed by atoms with van der Waals surface area (Å²) in [7, 11) is 0. The third kappa shape index (κ3) is 3.78. The summed E-state index contributed by atoms with van der Waals surface area (Å²) < 4.78 is 37.7. The molecule has 0 radical (unpaired) electrons. The van der Waals surface area contributed by atoms with Crippen molar-refractivity contribution in [3.63, 3.8) is 0 Å². The van der Waals surface area contributed by atoms with E-state index < -0.39 is 11.7 Å². The number of benzene rings is 1. The Labute approximate surface area is 113 Å². The van der Waals surface area contributed by atoms with Crippen molar-refractivity contribution in [3.05, 3.63) is 52.0 Å². The van der Waals surface area contributed by atoms with Crippen LogP contribution in [0.4, 0.5) is 13.2 Å². The molecule has 1 aromatic carbocycles. The summed E-state index contributed by atoms with van der Waals surface area (Å²) >= 11 is 1.50. The average molecular weight is 286 g/mol. The topological polar surface area (TPSA) is 24.9 Å². The summed E-state index contributed by atoms with van der Waals surface area (Å²) in [6.07, 6.45) is -4.30. The number of thiazole rings is 1. The Morgan fingerprint density at radius 3 is 2.79 bits per heavy atom. The molecular formula is C13H13F3N2S. The van der Waals surface area contributed by atoms with Gasteiger partial charge in [-0.05, 0) is 18.6 Å². The lowest BCUT2D eigenvalue weighted by Gasteiger charge is -2.13. The van der Waals surface area contributed by atoms with Crippen molar-refractivity contribution in [1.82, 2.24) is 10.3 Å². The van der Waals surface area contributed by atoms with Crippen molar-refractivity contribution >= 4 is 11.3 Å². The van der Waals surface area contributed by atoms with Gasteiger partial charge in [-0.25, -0.2) is 4.98 Å². The molecule has 1 heterocycles. The number of hydrogen-bond donors (Lipinski definition) is 1. The zero-order valence-electron chi connectivity index (χ0n) is 10.2. The molecule has 1 atom stereocenters. The predicted molar refractivity (Wildman–Crippen MR) is 68.8 cm³/mol. The highest BCUT2D eigenvalue weighted by molar-refractivity contribution is 7.07. The van der Waals surface area contributed by atoms with Crippen LogP contribution in [0.3, 0.4) is 0 Å². The van der Waals surface area contributed by atoms with Crippen LogP contribution in [0.25, 0.3) is 0 Å². The minimum atomic E-state index is -4.30. The van der Waals surface area contributed by atoms with Gasteiger partial charge in [0.15, 0.2) is 0 Å². The van der Waals surface area contributed by atoms with E-state index in [9.17, 15) is 13.2 Å². The van der Waals surface area contributed by atoms with E-state index in [2.05, 4.69) is 10.3 Å². The third-order valence-electron chi connectivity index (χ3n) is 2.76. The number of halogens is 3. The Hall–Kier alpha value is -1.40. The van der Waals surface area contributed by atoms with Crippen LogP contribution in [0.5, 0.6) is 0 Å². The second-order valence-corrected chi connectivity index (χ2v) is 4.93. The number of alkyl halides is 3. The molecule has 2 nitrogen and oxygen atoms in total. The predicted octanol–water partition coefficient (Wildman–Crippen LogP) is 4.01. The van der Waals surface area contributed by atoms with Crippen LogP contribution in [0.2, 0.25) is 0 Å². The fourth-order valence-corrected chi connectivity index (χ4v) is 2.32. The Kier molecular flexibility index (Phi) is 4.21. The molecule has 2 rings (SSSR count). The number of nitrogens with zero attached hydrogens (tertiary/aromatic N) is 1. The van der Waals surface area contributed by atoms with E-state index >= 15 is 0 Å². The smallest absolute Gasteiger partial charge is 0.305 e. The minimum absolute atomic E-state index is 0.0146. The van der Waals surface area contributed by atoms with E-state index in [1.54, 1.807) is 11.6 Å². The monoisotopic (exact) mass is 286 g/mol. The maximum atomic E-state index is 12.6. The van der Waals surface area contributed by atoms with Crippen LogP contribution in [-0.4, -0.2) is 4.98 Å². The van der Waals surface area contributed by atoms with Gasteiger partial charge in [0.25, 0.3) is 0 Å². The molecule has 19 heavy (non-hydrogen) atoms. The number of aromatic nitrogens is 1. The lowest BCUT2D eigenvalue weighted by molar-refractivity contribution is -0.137. The first-order chi connectivity index (χ1) is 8.97. The van der Waals surface area contributed by atoms with Gasteiger partial charge in [-0.1, -0.05) is 18.2 Å². The molecule has 102 valence electrons. The summed E-state index contributed by atoms with van der Waals surface area (Å²) in [5.41, 5.74) is 2.62. The summed E-state index contributed by atoms with van der Waals surface area (Å²) in [6.45, 7) is 2.31. The molecule has 0 bridgehead atoms. The molecule has 0 spiro atoms. The van der Waals surface area contributed by atoms with Crippen molar-refractivity contribution in [2.24, 2.45) is 0 Å². The van der Waals surface area contributed by atoms with Crippen molar-refractivity contribution in [3.8, 4) is 0 Å². The lowest BCUT2D eigenvalue weighted by Crippen LogP contribution is -2.18. The molecule has 2 aromatic rings. The number of hydrogen-bond acceptors (Lipinski definition) is 3. The van der Waals surface area contributed by atoms with E-state index in [0.717, 1.165) is 11.8 Å².